The molecule has 9 heteroatoms. The molecule has 1 aliphatic rings. The first-order valence-electron chi connectivity index (χ1n) is 9.66. The van der Waals surface area contributed by atoms with E-state index in [0.717, 1.165) is 0 Å². The lowest BCUT2D eigenvalue weighted by atomic mass is 10.1. The molecule has 1 fully saturated rings. The Kier molecular flexibility index (Phi) is 7.06. The van der Waals surface area contributed by atoms with Crippen LogP contribution in [0.1, 0.15) is 22.8 Å². The minimum atomic E-state index is -3.62. The van der Waals surface area contributed by atoms with Gasteiger partial charge < -0.3 is 14.4 Å². The van der Waals surface area contributed by atoms with Crippen molar-refractivity contribution in [3.8, 4) is 5.75 Å². The van der Waals surface area contributed by atoms with Crippen LogP contribution in [0.4, 0.5) is 4.39 Å². The molecular formula is C21H25FN2O5S. The number of benzene rings is 2. The number of amides is 1. The summed E-state index contributed by atoms with van der Waals surface area (Å²) >= 11 is 0. The predicted molar refractivity (Wildman–Crippen MR) is 109 cm³/mol. The van der Waals surface area contributed by atoms with Crippen LogP contribution < -0.4 is 4.74 Å². The van der Waals surface area contributed by atoms with Gasteiger partial charge in [0.25, 0.3) is 5.91 Å². The van der Waals surface area contributed by atoms with E-state index in [1.54, 1.807) is 11.0 Å². The molecule has 1 amide bonds. The molecule has 0 bridgehead atoms. The van der Waals surface area contributed by atoms with E-state index in [1.807, 2.05) is 6.92 Å². The van der Waals surface area contributed by atoms with Gasteiger partial charge in [-0.05, 0) is 48.9 Å². The van der Waals surface area contributed by atoms with Crippen LogP contribution in [-0.2, 0) is 21.3 Å². The molecule has 2 aromatic carbocycles. The number of sulfonamides is 1. The third kappa shape index (κ3) is 4.80. The highest BCUT2D eigenvalue weighted by atomic mass is 32.2. The Labute approximate surface area is 176 Å². The molecule has 2 aromatic rings. The lowest BCUT2D eigenvalue weighted by Gasteiger charge is -2.26. The van der Waals surface area contributed by atoms with Crippen molar-refractivity contribution in [1.29, 1.82) is 0 Å². The Morgan fingerprint density at radius 1 is 1.17 bits per heavy atom. The van der Waals surface area contributed by atoms with Crippen LogP contribution in [0.15, 0.2) is 47.4 Å². The third-order valence-corrected chi connectivity index (χ3v) is 6.88. The van der Waals surface area contributed by atoms with Crippen LogP contribution in [0.5, 0.6) is 5.75 Å². The highest BCUT2D eigenvalue weighted by Crippen LogP contribution is 2.21. The summed E-state index contributed by atoms with van der Waals surface area (Å²) in [6.45, 7) is 3.83. The monoisotopic (exact) mass is 436 g/mol. The summed E-state index contributed by atoms with van der Waals surface area (Å²) < 4.78 is 50.9. The number of ether oxygens (including phenoxy) is 2. The molecule has 0 radical (unpaired) electrons. The molecule has 3 rings (SSSR count). The fourth-order valence-electron chi connectivity index (χ4n) is 3.24. The van der Waals surface area contributed by atoms with E-state index in [9.17, 15) is 17.6 Å². The molecule has 0 unspecified atom stereocenters. The van der Waals surface area contributed by atoms with E-state index in [1.165, 1.54) is 47.8 Å². The van der Waals surface area contributed by atoms with Gasteiger partial charge in [0.2, 0.25) is 10.0 Å². The fourth-order valence-corrected chi connectivity index (χ4v) is 4.65. The van der Waals surface area contributed by atoms with E-state index in [2.05, 4.69) is 0 Å². The zero-order valence-corrected chi connectivity index (χ0v) is 17.8. The van der Waals surface area contributed by atoms with Gasteiger partial charge >= 0.3 is 0 Å². The molecule has 0 saturated carbocycles. The van der Waals surface area contributed by atoms with Crippen LogP contribution in [0.3, 0.4) is 0 Å². The number of carbonyl (C=O) groups excluding carboxylic acids is 1. The average molecular weight is 437 g/mol. The van der Waals surface area contributed by atoms with Crippen LogP contribution >= 0.6 is 0 Å². The number of halogens is 1. The van der Waals surface area contributed by atoms with Crippen molar-refractivity contribution in [2.24, 2.45) is 0 Å². The Morgan fingerprint density at radius 2 is 1.83 bits per heavy atom. The maximum absolute atomic E-state index is 13.9. The van der Waals surface area contributed by atoms with Crippen molar-refractivity contribution >= 4 is 15.9 Å². The molecular weight excluding hydrogens is 411 g/mol. The Morgan fingerprint density at radius 3 is 2.40 bits per heavy atom. The van der Waals surface area contributed by atoms with Crippen molar-refractivity contribution in [2.75, 3.05) is 40.0 Å². The summed E-state index contributed by atoms with van der Waals surface area (Å²) in [6, 6.07) is 10.5. The lowest BCUT2D eigenvalue weighted by Crippen LogP contribution is -2.40. The van der Waals surface area contributed by atoms with E-state index < -0.39 is 15.8 Å². The topological polar surface area (TPSA) is 76.2 Å². The molecule has 0 aliphatic carbocycles. The molecule has 1 heterocycles. The van der Waals surface area contributed by atoms with Gasteiger partial charge in [-0.15, -0.1) is 0 Å². The zero-order chi connectivity index (χ0) is 21.7. The average Bonchev–Trinajstić information content (AvgIpc) is 2.78. The van der Waals surface area contributed by atoms with Gasteiger partial charge in [0, 0.05) is 31.7 Å². The number of hydrogen-bond acceptors (Lipinski definition) is 5. The van der Waals surface area contributed by atoms with Gasteiger partial charge in [0.05, 0.1) is 25.2 Å². The first-order valence-corrected chi connectivity index (χ1v) is 11.1. The van der Waals surface area contributed by atoms with Crippen molar-refractivity contribution in [2.45, 2.75) is 18.4 Å². The first kappa shape index (κ1) is 22.2. The smallest absolute Gasteiger partial charge is 0.254 e. The van der Waals surface area contributed by atoms with Gasteiger partial charge in [0.15, 0.2) is 11.6 Å². The molecule has 0 aromatic heterocycles. The molecule has 0 N–H and O–H groups in total. The Hall–Kier alpha value is -2.49. The minimum Gasteiger partial charge on any atom is -0.494 e. The second kappa shape index (κ2) is 9.55. The number of morpholine rings is 1. The molecule has 0 atom stereocenters. The Bertz CT molecular complexity index is 989. The van der Waals surface area contributed by atoms with Gasteiger partial charge in [0.1, 0.15) is 0 Å². The van der Waals surface area contributed by atoms with Crippen LogP contribution in [0.2, 0.25) is 0 Å². The molecule has 30 heavy (non-hydrogen) atoms. The standard InChI is InChI=1S/C21H25FN2O5S/c1-3-23(15-16-4-9-20(28-2)19(22)14-16)21(25)17-5-7-18(8-6-17)30(26,27)24-10-12-29-13-11-24/h4-9,14H,3,10-13,15H2,1-2H3. The van der Waals surface area contributed by atoms with Crippen molar-refractivity contribution < 1.29 is 27.1 Å². The number of carbonyl (C=O) groups is 1. The normalized spacial score (nSPS) is 15.0. The molecule has 0 spiro atoms. The summed E-state index contributed by atoms with van der Waals surface area (Å²) in [4.78, 5) is 14.6. The summed E-state index contributed by atoms with van der Waals surface area (Å²) in [6.07, 6.45) is 0. The quantitative estimate of drug-likeness (QED) is 0.667. The number of hydrogen-bond donors (Lipinski definition) is 0. The zero-order valence-electron chi connectivity index (χ0n) is 17.0. The van der Waals surface area contributed by atoms with Crippen molar-refractivity contribution in [3.63, 3.8) is 0 Å². The molecule has 1 saturated heterocycles. The van der Waals surface area contributed by atoms with E-state index >= 15 is 0 Å². The SMILES string of the molecule is CCN(Cc1ccc(OC)c(F)c1)C(=O)c1ccc(S(=O)(=O)N2CCOCC2)cc1. The van der Waals surface area contributed by atoms with E-state index in [0.29, 0.717) is 44.0 Å². The predicted octanol–water partition coefficient (Wildman–Crippen LogP) is 2.52. The first-order chi connectivity index (χ1) is 14.4. The summed E-state index contributed by atoms with van der Waals surface area (Å²) in [5.41, 5.74) is 1.00. The number of nitrogens with zero attached hydrogens (tertiary/aromatic N) is 2. The highest BCUT2D eigenvalue weighted by molar-refractivity contribution is 7.89. The molecule has 1 aliphatic heterocycles. The van der Waals surface area contributed by atoms with E-state index in [-0.39, 0.29) is 23.1 Å². The second-order valence-corrected chi connectivity index (χ2v) is 8.77. The molecule has 7 nitrogen and oxygen atoms in total. The third-order valence-electron chi connectivity index (χ3n) is 4.97. The Balaban J connectivity index is 1.74. The van der Waals surface area contributed by atoms with Gasteiger partial charge in [-0.1, -0.05) is 6.07 Å². The number of methoxy groups -OCH3 is 1. The number of rotatable bonds is 7. The van der Waals surface area contributed by atoms with Gasteiger partial charge in [-0.3, -0.25) is 4.79 Å². The lowest BCUT2D eigenvalue weighted by molar-refractivity contribution is 0.0730. The summed E-state index contributed by atoms with van der Waals surface area (Å²) in [5.74, 6) is -0.606. The summed E-state index contributed by atoms with van der Waals surface area (Å²) in [5, 5.41) is 0. The largest absolute Gasteiger partial charge is 0.494 e. The minimum absolute atomic E-state index is 0.140. The van der Waals surface area contributed by atoms with Crippen LogP contribution in [0, 0.1) is 5.82 Å². The second-order valence-electron chi connectivity index (χ2n) is 6.83. The van der Waals surface area contributed by atoms with Crippen LogP contribution in [0.25, 0.3) is 0 Å². The maximum atomic E-state index is 13.9. The maximum Gasteiger partial charge on any atom is 0.254 e. The van der Waals surface area contributed by atoms with Crippen LogP contribution in [-0.4, -0.2) is 63.5 Å². The molecule has 162 valence electrons. The van der Waals surface area contributed by atoms with Crippen molar-refractivity contribution in [1.82, 2.24) is 9.21 Å². The van der Waals surface area contributed by atoms with Gasteiger partial charge in [-0.25, -0.2) is 12.8 Å². The van der Waals surface area contributed by atoms with E-state index in [4.69, 9.17) is 9.47 Å². The fraction of sp³-hybridized carbons (Fsp3) is 0.381. The van der Waals surface area contributed by atoms with Crippen molar-refractivity contribution in [3.05, 3.63) is 59.4 Å². The highest BCUT2D eigenvalue weighted by Gasteiger charge is 2.26. The van der Waals surface area contributed by atoms with Gasteiger partial charge in [-0.2, -0.15) is 4.31 Å². The summed E-state index contributed by atoms with van der Waals surface area (Å²) in [7, 11) is -2.22.